The van der Waals surface area contributed by atoms with Crippen LogP contribution in [0.25, 0.3) is 0 Å². The lowest BCUT2D eigenvalue weighted by molar-refractivity contribution is -0.0108. The van der Waals surface area contributed by atoms with Crippen LogP contribution in [0.1, 0.15) is 65.2 Å². The van der Waals surface area contributed by atoms with Gasteiger partial charge in [0.15, 0.2) is 0 Å². The Morgan fingerprint density at radius 3 is 2.56 bits per heavy atom. The summed E-state index contributed by atoms with van der Waals surface area (Å²) in [7, 11) is 0. The van der Waals surface area contributed by atoms with E-state index in [9.17, 15) is 0 Å². The van der Waals surface area contributed by atoms with Crippen LogP contribution in [0.3, 0.4) is 0 Å². The van der Waals surface area contributed by atoms with Gasteiger partial charge in [0.05, 0.1) is 12.7 Å². The van der Waals surface area contributed by atoms with Gasteiger partial charge in [0, 0.05) is 12.6 Å². The van der Waals surface area contributed by atoms with Gasteiger partial charge in [0.25, 0.3) is 0 Å². The molecule has 1 rings (SSSR count). The Balaban J connectivity index is 2.02. The smallest absolute Gasteiger partial charge is 0.0728 e. The summed E-state index contributed by atoms with van der Waals surface area (Å²) in [6, 6.07) is 0.601. The zero-order valence-electron chi connectivity index (χ0n) is 11.1. The van der Waals surface area contributed by atoms with E-state index in [0.29, 0.717) is 12.1 Å². The molecule has 1 saturated heterocycles. The zero-order chi connectivity index (χ0) is 11.6. The Kier molecular flexibility index (Phi) is 7.87. The molecule has 0 aromatic heterocycles. The molecule has 2 heteroatoms. The topological polar surface area (TPSA) is 21.3 Å². The lowest BCUT2D eigenvalue weighted by atomic mass is 10.00. The average molecular weight is 227 g/mol. The van der Waals surface area contributed by atoms with Crippen molar-refractivity contribution in [2.45, 2.75) is 77.4 Å². The van der Waals surface area contributed by atoms with Gasteiger partial charge in [-0.1, -0.05) is 52.4 Å². The highest BCUT2D eigenvalue weighted by atomic mass is 16.5. The Labute approximate surface area is 101 Å². The van der Waals surface area contributed by atoms with Gasteiger partial charge in [0.1, 0.15) is 0 Å². The summed E-state index contributed by atoms with van der Waals surface area (Å²) in [5.74, 6) is 0. The number of nitrogens with one attached hydrogen (secondary N) is 1. The Morgan fingerprint density at radius 1 is 1.06 bits per heavy atom. The van der Waals surface area contributed by atoms with Crippen molar-refractivity contribution in [3.8, 4) is 0 Å². The minimum Gasteiger partial charge on any atom is -0.375 e. The van der Waals surface area contributed by atoms with Crippen molar-refractivity contribution in [1.82, 2.24) is 5.32 Å². The van der Waals surface area contributed by atoms with Gasteiger partial charge in [-0.2, -0.15) is 0 Å². The molecule has 0 aliphatic carbocycles. The predicted molar refractivity (Wildman–Crippen MR) is 69.8 cm³/mol. The van der Waals surface area contributed by atoms with Crippen molar-refractivity contribution in [2.24, 2.45) is 0 Å². The lowest BCUT2D eigenvalue weighted by Crippen LogP contribution is -2.47. The van der Waals surface area contributed by atoms with Crippen molar-refractivity contribution >= 4 is 0 Å². The van der Waals surface area contributed by atoms with Crippen LogP contribution < -0.4 is 5.32 Å². The molecule has 0 aromatic carbocycles. The van der Waals surface area contributed by atoms with E-state index in [1.807, 2.05) is 0 Å². The molecule has 0 aromatic rings. The van der Waals surface area contributed by atoms with E-state index in [1.165, 1.54) is 51.4 Å². The molecule has 1 aliphatic heterocycles. The molecule has 16 heavy (non-hydrogen) atoms. The number of hydrogen-bond acceptors (Lipinski definition) is 2. The Morgan fingerprint density at radius 2 is 1.81 bits per heavy atom. The molecule has 96 valence electrons. The fraction of sp³-hybridized carbons (Fsp3) is 1.00. The van der Waals surface area contributed by atoms with Gasteiger partial charge in [0.2, 0.25) is 0 Å². The summed E-state index contributed by atoms with van der Waals surface area (Å²) in [5, 5.41) is 3.56. The SMILES string of the molecule is CCCCCCCCC1OCCNC1CC. The average Bonchev–Trinajstić information content (AvgIpc) is 2.34. The summed E-state index contributed by atoms with van der Waals surface area (Å²) >= 11 is 0. The molecule has 2 unspecified atom stereocenters. The number of rotatable bonds is 8. The third kappa shape index (κ3) is 5.31. The van der Waals surface area contributed by atoms with Crippen LogP contribution in [-0.2, 0) is 4.74 Å². The van der Waals surface area contributed by atoms with E-state index < -0.39 is 0 Å². The monoisotopic (exact) mass is 227 g/mol. The van der Waals surface area contributed by atoms with E-state index in [2.05, 4.69) is 19.2 Å². The summed E-state index contributed by atoms with van der Waals surface area (Å²) in [6.45, 7) is 6.45. The second-order valence-corrected chi connectivity index (χ2v) is 4.93. The second-order valence-electron chi connectivity index (χ2n) is 4.93. The predicted octanol–water partition coefficient (Wildman–Crippen LogP) is 3.50. The van der Waals surface area contributed by atoms with Crippen LogP contribution >= 0.6 is 0 Å². The second kappa shape index (κ2) is 9.00. The maximum atomic E-state index is 5.85. The van der Waals surface area contributed by atoms with Crippen LogP contribution in [0, 0.1) is 0 Å². The van der Waals surface area contributed by atoms with Gasteiger partial charge in [-0.05, 0) is 12.8 Å². The molecule has 0 spiro atoms. The highest BCUT2D eigenvalue weighted by molar-refractivity contribution is 4.79. The van der Waals surface area contributed by atoms with E-state index in [1.54, 1.807) is 0 Å². The fourth-order valence-electron chi connectivity index (χ4n) is 2.52. The van der Waals surface area contributed by atoms with Gasteiger partial charge in [-0.25, -0.2) is 0 Å². The molecular formula is C14H29NO. The number of hydrogen-bond donors (Lipinski definition) is 1. The number of ether oxygens (including phenoxy) is 1. The standard InChI is InChI=1S/C14H29NO/c1-3-5-6-7-8-9-10-14-13(4-2)15-11-12-16-14/h13-15H,3-12H2,1-2H3. The first-order valence-corrected chi connectivity index (χ1v) is 7.23. The lowest BCUT2D eigenvalue weighted by Gasteiger charge is -2.32. The molecule has 0 saturated carbocycles. The van der Waals surface area contributed by atoms with Crippen LogP contribution in [0.2, 0.25) is 0 Å². The zero-order valence-corrected chi connectivity index (χ0v) is 11.1. The van der Waals surface area contributed by atoms with Gasteiger partial charge < -0.3 is 10.1 Å². The van der Waals surface area contributed by atoms with Crippen LogP contribution in [0.15, 0.2) is 0 Å². The van der Waals surface area contributed by atoms with Crippen LogP contribution in [0.5, 0.6) is 0 Å². The van der Waals surface area contributed by atoms with E-state index >= 15 is 0 Å². The molecule has 0 amide bonds. The molecule has 0 bridgehead atoms. The summed E-state index contributed by atoms with van der Waals surface area (Å²) < 4.78 is 5.85. The van der Waals surface area contributed by atoms with E-state index in [4.69, 9.17) is 4.74 Å². The molecule has 1 fully saturated rings. The summed E-state index contributed by atoms with van der Waals surface area (Å²) in [4.78, 5) is 0. The molecule has 2 nitrogen and oxygen atoms in total. The maximum Gasteiger partial charge on any atom is 0.0728 e. The van der Waals surface area contributed by atoms with Gasteiger partial charge >= 0.3 is 0 Å². The van der Waals surface area contributed by atoms with Crippen molar-refractivity contribution in [2.75, 3.05) is 13.2 Å². The molecule has 2 atom stereocenters. The third-order valence-electron chi connectivity index (χ3n) is 3.57. The largest absolute Gasteiger partial charge is 0.375 e. The summed E-state index contributed by atoms with van der Waals surface area (Å²) in [5.41, 5.74) is 0. The van der Waals surface area contributed by atoms with Crippen molar-refractivity contribution in [3.05, 3.63) is 0 Å². The van der Waals surface area contributed by atoms with E-state index in [-0.39, 0.29) is 0 Å². The molecule has 0 radical (unpaired) electrons. The number of unbranched alkanes of at least 4 members (excludes halogenated alkanes) is 5. The molecule has 1 N–H and O–H groups in total. The van der Waals surface area contributed by atoms with Crippen molar-refractivity contribution in [1.29, 1.82) is 0 Å². The third-order valence-corrected chi connectivity index (χ3v) is 3.57. The highest BCUT2D eigenvalue weighted by Crippen LogP contribution is 2.16. The van der Waals surface area contributed by atoms with Crippen molar-refractivity contribution in [3.63, 3.8) is 0 Å². The first kappa shape index (κ1) is 14.0. The fourth-order valence-corrected chi connectivity index (χ4v) is 2.52. The van der Waals surface area contributed by atoms with E-state index in [0.717, 1.165) is 13.2 Å². The van der Waals surface area contributed by atoms with Crippen LogP contribution in [-0.4, -0.2) is 25.3 Å². The minimum absolute atomic E-state index is 0.477. The molecule has 1 heterocycles. The van der Waals surface area contributed by atoms with Crippen molar-refractivity contribution < 1.29 is 4.74 Å². The summed E-state index contributed by atoms with van der Waals surface area (Å²) in [6.07, 6.45) is 11.2. The molecule has 1 aliphatic rings. The first-order valence-electron chi connectivity index (χ1n) is 7.23. The van der Waals surface area contributed by atoms with Gasteiger partial charge in [-0.15, -0.1) is 0 Å². The Hall–Kier alpha value is -0.0800. The van der Waals surface area contributed by atoms with Gasteiger partial charge in [-0.3, -0.25) is 0 Å². The normalized spacial score (nSPS) is 25.9. The highest BCUT2D eigenvalue weighted by Gasteiger charge is 2.22. The molecular weight excluding hydrogens is 198 g/mol. The Bertz CT molecular complexity index is 161. The maximum absolute atomic E-state index is 5.85. The minimum atomic E-state index is 0.477. The number of morpholine rings is 1. The quantitative estimate of drug-likeness (QED) is 0.641. The first-order chi connectivity index (χ1) is 7.88. The van der Waals surface area contributed by atoms with Crippen LogP contribution in [0.4, 0.5) is 0 Å².